The molecule has 7 heteroatoms. The second kappa shape index (κ2) is 5.77. The molecule has 2 N–H and O–H groups in total. The minimum atomic E-state index is -0.279. The van der Waals surface area contributed by atoms with Crippen LogP contribution in [0.4, 0.5) is 0 Å². The van der Waals surface area contributed by atoms with E-state index >= 15 is 0 Å². The molecule has 20 heavy (non-hydrogen) atoms. The zero-order valence-electron chi connectivity index (χ0n) is 12.0. The molecule has 0 radical (unpaired) electrons. The minimum Gasteiger partial charge on any atom is -0.340 e. The maximum atomic E-state index is 12.2. The zero-order chi connectivity index (χ0) is 14.7. The van der Waals surface area contributed by atoms with Crippen molar-refractivity contribution in [2.24, 2.45) is 5.92 Å². The Kier molecular flexibility index (Phi) is 4.07. The van der Waals surface area contributed by atoms with Crippen molar-refractivity contribution in [3.8, 4) is 0 Å². The molecule has 106 valence electrons. The van der Waals surface area contributed by atoms with E-state index in [-0.39, 0.29) is 23.6 Å². The first-order valence-electron chi connectivity index (χ1n) is 6.45. The van der Waals surface area contributed by atoms with Crippen molar-refractivity contribution in [1.82, 2.24) is 30.5 Å². The molecule has 0 aliphatic heterocycles. The first kappa shape index (κ1) is 14.1. The lowest BCUT2D eigenvalue weighted by Crippen LogP contribution is -2.33. The molecule has 0 saturated heterocycles. The monoisotopic (exact) mass is 274 g/mol. The van der Waals surface area contributed by atoms with Gasteiger partial charge in [-0.25, -0.2) is 9.97 Å². The summed E-state index contributed by atoms with van der Waals surface area (Å²) < 4.78 is 0. The van der Waals surface area contributed by atoms with Gasteiger partial charge in [0.1, 0.15) is 11.5 Å². The summed E-state index contributed by atoms with van der Waals surface area (Å²) >= 11 is 0. The molecule has 7 nitrogen and oxygen atoms in total. The highest BCUT2D eigenvalue weighted by atomic mass is 16.2. The van der Waals surface area contributed by atoms with E-state index in [0.717, 1.165) is 11.5 Å². The van der Waals surface area contributed by atoms with E-state index in [0.29, 0.717) is 5.82 Å². The second-order valence-corrected chi connectivity index (χ2v) is 5.02. The van der Waals surface area contributed by atoms with Crippen molar-refractivity contribution in [2.75, 3.05) is 0 Å². The first-order chi connectivity index (χ1) is 9.47. The number of H-pyrrole nitrogens is 1. The molecule has 2 aromatic heterocycles. The average molecular weight is 274 g/mol. The first-order valence-corrected chi connectivity index (χ1v) is 6.45. The number of carbonyl (C=O) groups is 1. The molecule has 2 rings (SSSR count). The average Bonchev–Trinajstić information content (AvgIpc) is 2.82. The molecule has 1 amide bonds. The largest absolute Gasteiger partial charge is 0.340 e. The molecule has 0 aromatic carbocycles. The maximum absolute atomic E-state index is 12.2. The third-order valence-electron chi connectivity index (χ3n) is 2.86. The van der Waals surface area contributed by atoms with E-state index in [1.165, 1.54) is 6.20 Å². The van der Waals surface area contributed by atoms with E-state index in [1.807, 2.05) is 27.7 Å². The zero-order valence-corrected chi connectivity index (χ0v) is 12.0. The van der Waals surface area contributed by atoms with Gasteiger partial charge < -0.3 is 5.32 Å². The maximum Gasteiger partial charge on any atom is 0.272 e. The van der Waals surface area contributed by atoms with Crippen LogP contribution in [0.2, 0.25) is 0 Å². The fraction of sp³-hybridized carbons (Fsp3) is 0.462. The number of rotatable bonds is 4. The molecule has 0 fully saturated rings. The van der Waals surface area contributed by atoms with Crippen molar-refractivity contribution in [1.29, 1.82) is 0 Å². The van der Waals surface area contributed by atoms with Crippen LogP contribution < -0.4 is 5.32 Å². The van der Waals surface area contributed by atoms with Crippen molar-refractivity contribution in [3.63, 3.8) is 0 Å². The van der Waals surface area contributed by atoms with Crippen molar-refractivity contribution >= 4 is 5.91 Å². The number of aromatic amines is 1. The smallest absolute Gasteiger partial charge is 0.272 e. The van der Waals surface area contributed by atoms with Crippen LogP contribution in [0.25, 0.3) is 0 Å². The van der Waals surface area contributed by atoms with E-state index in [4.69, 9.17) is 0 Å². The molecular formula is C13H18N6O. The highest BCUT2D eigenvalue weighted by Crippen LogP contribution is 2.18. The van der Waals surface area contributed by atoms with E-state index in [2.05, 4.69) is 30.5 Å². The van der Waals surface area contributed by atoms with Crippen LogP contribution in [-0.2, 0) is 0 Å². The Morgan fingerprint density at radius 3 is 2.50 bits per heavy atom. The van der Waals surface area contributed by atoms with Crippen LogP contribution in [0.15, 0.2) is 12.4 Å². The summed E-state index contributed by atoms with van der Waals surface area (Å²) in [5.74, 6) is 1.17. The molecule has 1 unspecified atom stereocenters. The SMILES string of the molecule is Cc1cnc(C(=O)NC(c2n[nH]c(C)n2)C(C)C)cn1. The van der Waals surface area contributed by atoms with Crippen molar-refractivity contribution < 1.29 is 4.79 Å². The van der Waals surface area contributed by atoms with Gasteiger partial charge in [0.2, 0.25) is 0 Å². The minimum absolute atomic E-state index is 0.160. The van der Waals surface area contributed by atoms with Crippen LogP contribution >= 0.6 is 0 Å². The Morgan fingerprint density at radius 2 is 2.00 bits per heavy atom. The second-order valence-electron chi connectivity index (χ2n) is 5.02. The van der Waals surface area contributed by atoms with Crippen LogP contribution in [0.1, 0.15) is 47.7 Å². The Balaban J connectivity index is 2.16. The summed E-state index contributed by atoms with van der Waals surface area (Å²) in [5.41, 5.74) is 1.06. The van der Waals surface area contributed by atoms with Gasteiger partial charge in [-0.05, 0) is 19.8 Å². The summed E-state index contributed by atoms with van der Waals surface area (Å²) in [5, 5.41) is 9.79. The summed E-state index contributed by atoms with van der Waals surface area (Å²) in [4.78, 5) is 24.6. The Bertz CT molecular complexity index is 589. The lowest BCUT2D eigenvalue weighted by atomic mass is 10.0. The highest BCUT2D eigenvalue weighted by molar-refractivity contribution is 5.92. The van der Waals surface area contributed by atoms with Gasteiger partial charge in [0.15, 0.2) is 5.82 Å². The lowest BCUT2D eigenvalue weighted by Gasteiger charge is -2.19. The Hall–Kier alpha value is -2.31. The summed E-state index contributed by atoms with van der Waals surface area (Å²) in [6.07, 6.45) is 3.03. The normalized spacial score (nSPS) is 12.4. The Morgan fingerprint density at radius 1 is 1.25 bits per heavy atom. The van der Waals surface area contributed by atoms with E-state index in [9.17, 15) is 4.79 Å². The van der Waals surface area contributed by atoms with Crippen molar-refractivity contribution in [3.05, 3.63) is 35.4 Å². The van der Waals surface area contributed by atoms with Gasteiger partial charge in [0, 0.05) is 6.20 Å². The quantitative estimate of drug-likeness (QED) is 0.877. The van der Waals surface area contributed by atoms with E-state index in [1.54, 1.807) is 6.20 Å². The van der Waals surface area contributed by atoms with Crippen LogP contribution in [0, 0.1) is 19.8 Å². The predicted molar refractivity (Wildman–Crippen MR) is 72.9 cm³/mol. The molecule has 1 atom stereocenters. The summed E-state index contributed by atoms with van der Waals surface area (Å²) in [7, 11) is 0. The van der Waals surface area contributed by atoms with Gasteiger partial charge in [-0.3, -0.25) is 14.9 Å². The fourth-order valence-corrected chi connectivity index (χ4v) is 1.75. The third kappa shape index (κ3) is 3.17. The molecule has 0 bridgehead atoms. The molecule has 2 heterocycles. The van der Waals surface area contributed by atoms with Gasteiger partial charge in [0.25, 0.3) is 5.91 Å². The van der Waals surface area contributed by atoms with Gasteiger partial charge in [-0.2, -0.15) is 5.10 Å². The molecule has 0 aliphatic carbocycles. The number of nitrogens with zero attached hydrogens (tertiary/aromatic N) is 4. The van der Waals surface area contributed by atoms with Crippen molar-refractivity contribution in [2.45, 2.75) is 33.7 Å². The number of hydrogen-bond acceptors (Lipinski definition) is 5. The number of carbonyl (C=O) groups excluding carboxylic acids is 1. The van der Waals surface area contributed by atoms with Gasteiger partial charge >= 0.3 is 0 Å². The molecular weight excluding hydrogens is 256 g/mol. The highest BCUT2D eigenvalue weighted by Gasteiger charge is 2.23. The predicted octanol–water partition coefficient (Wildman–Crippen LogP) is 1.34. The van der Waals surface area contributed by atoms with Gasteiger partial charge in [-0.1, -0.05) is 13.8 Å². The molecule has 0 saturated carbocycles. The Labute approximate surface area is 117 Å². The van der Waals surface area contributed by atoms with Gasteiger partial charge in [-0.15, -0.1) is 0 Å². The van der Waals surface area contributed by atoms with Gasteiger partial charge in [0.05, 0.1) is 17.9 Å². The van der Waals surface area contributed by atoms with E-state index < -0.39 is 0 Å². The summed E-state index contributed by atoms with van der Waals surface area (Å²) in [6, 6.07) is -0.268. The number of aromatic nitrogens is 5. The lowest BCUT2D eigenvalue weighted by molar-refractivity contribution is 0.0917. The topological polar surface area (TPSA) is 96.5 Å². The number of nitrogens with one attached hydrogen (secondary N) is 2. The molecule has 2 aromatic rings. The molecule has 0 spiro atoms. The number of hydrogen-bond donors (Lipinski definition) is 2. The van der Waals surface area contributed by atoms with Crippen LogP contribution in [-0.4, -0.2) is 31.1 Å². The third-order valence-corrected chi connectivity index (χ3v) is 2.86. The number of amides is 1. The fourth-order valence-electron chi connectivity index (χ4n) is 1.75. The molecule has 0 aliphatic rings. The standard InChI is InChI=1S/C13H18N6O/c1-7(2)11(12-16-9(4)18-19-12)17-13(20)10-6-14-8(3)5-15-10/h5-7,11H,1-4H3,(H,17,20)(H,16,18,19). The van der Waals surface area contributed by atoms with Crippen LogP contribution in [0.5, 0.6) is 0 Å². The number of aryl methyl sites for hydroxylation is 2. The summed E-state index contributed by atoms with van der Waals surface area (Å²) in [6.45, 7) is 7.64. The van der Waals surface area contributed by atoms with Crippen LogP contribution in [0.3, 0.4) is 0 Å².